The van der Waals surface area contributed by atoms with Gasteiger partial charge in [-0.05, 0) is 24.3 Å². The first-order valence-electron chi connectivity index (χ1n) is 11.9. The Labute approximate surface area is 235 Å². The largest absolute Gasteiger partial charge is 0.492 e. The average molecular weight is 609 g/mol. The first kappa shape index (κ1) is 25.5. The van der Waals surface area contributed by atoms with Crippen LogP contribution in [0.15, 0.2) is 82.8 Å². The van der Waals surface area contributed by atoms with Crippen molar-refractivity contribution in [2.45, 2.75) is 9.79 Å². The zero-order valence-electron chi connectivity index (χ0n) is 20.8. The highest BCUT2D eigenvalue weighted by atomic mass is 32.2. The van der Waals surface area contributed by atoms with Gasteiger partial charge in [-0.3, -0.25) is 18.5 Å². The summed E-state index contributed by atoms with van der Waals surface area (Å²) in [5.74, 6) is -3.83. The Morgan fingerprint density at radius 2 is 0.857 bits per heavy atom. The number of para-hydroxylation sites is 2. The number of aromatic nitrogens is 4. The molecule has 212 valence electrons. The quantitative estimate of drug-likeness (QED) is 0.215. The number of hydrogen-bond acceptors (Lipinski definition) is 12. The van der Waals surface area contributed by atoms with Crippen LogP contribution in [0.3, 0.4) is 0 Å². The lowest BCUT2D eigenvalue weighted by molar-refractivity contribution is 0.201. The minimum Gasteiger partial charge on any atom is -0.492 e. The SMILES string of the molecule is O=S(=O)(On1c(O)c2c(c1O)-c1c-2c(O)n(OS(=O)(=O)c2cccc3cccnc23)c1O)c1cccc2cccnc12. The molecule has 4 aromatic heterocycles. The minimum atomic E-state index is -4.69. The molecule has 16 heteroatoms. The first-order valence-corrected chi connectivity index (χ1v) is 14.7. The summed E-state index contributed by atoms with van der Waals surface area (Å²) in [4.78, 5) is 7.42. The third-order valence-electron chi connectivity index (χ3n) is 6.74. The fraction of sp³-hybridized carbons (Fsp3) is 0. The lowest BCUT2D eigenvalue weighted by Gasteiger charge is -2.13. The standard InChI is InChI=1S/C26H16N4O10S2/c31-23-17-18(24(32)29(23)39-41(35,36)15-9-1-5-13-7-3-11-27-21(13)15)20-19(17)25(33)30(26(20)34)40-42(37,38)16-10-2-6-14-8-4-12-28-22(14)16/h1-12,31-34H. The normalized spacial score (nSPS) is 12.6. The van der Waals surface area contributed by atoms with E-state index >= 15 is 0 Å². The third-order valence-corrected chi connectivity index (χ3v) is 9.17. The fourth-order valence-electron chi connectivity index (χ4n) is 4.91. The molecule has 0 bridgehead atoms. The smallest absolute Gasteiger partial charge is 0.359 e. The zero-order valence-corrected chi connectivity index (χ0v) is 22.4. The van der Waals surface area contributed by atoms with Crippen molar-refractivity contribution < 1.29 is 45.8 Å². The highest BCUT2D eigenvalue weighted by molar-refractivity contribution is 7.87. The molecule has 0 unspecified atom stereocenters. The molecule has 1 aliphatic carbocycles. The Hall–Kier alpha value is -5.48. The maximum absolute atomic E-state index is 13.1. The van der Waals surface area contributed by atoms with Crippen molar-refractivity contribution in [3.63, 3.8) is 0 Å². The molecule has 0 radical (unpaired) electrons. The minimum absolute atomic E-state index is 0.0782. The van der Waals surface area contributed by atoms with Gasteiger partial charge in [-0.2, -0.15) is 16.8 Å². The van der Waals surface area contributed by atoms with E-state index in [4.69, 9.17) is 8.57 Å². The van der Waals surface area contributed by atoms with Crippen LogP contribution in [0.5, 0.6) is 23.5 Å². The second kappa shape index (κ2) is 8.51. The summed E-state index contributed by atoms with van der Waals surface area (Å²) in [6, 6.07) is 15.1. The topological polar surface area (TPSA) is 203 Å². The van der Waals surface area contributed by atoms with Gasteiger partial charge in [0.25, 0.3) is 0 Å². The molecular formula is C26H16N4O10S2. The average Bonchev–Trinajstić information content (AvgIpc) is 3.27. The van der Waals surface area contributed by atoms with Crippen molar-refractivity contribution in [2.24, 2.45) is 0 Å². The number of rotatable bonds is 6. The highest BCUT2D eigenvalue weighted by Gasteiger charge is 2.46. The van der Waals surface area contributed by atoms with Crippen molar-refractivity contribution in [1.29, 1.82) is 0 Å². The van der Waals surface area contributed by atoms with Crippen molar-refractivity contribution >= 4 is 42.0 Å². The van der Waals surface area contributed by atoms with Crippen LogP contribution in [-0.4, -0.2) is 56.7 Å². The van der Waals surface area contributed by atoms with Gasteiger partial charge >= 0.3 is 20.2 Å². The van der Waals surface area contributed by atoms with Crippen molar-refractivity contribution in [3.8, 4) is 45.8 Å². The Kier molecular flexibility index (Phi) is 5.16. The van der Waals surface area contributed by atoms with Crippen molar-refractivity contribution in [1.82, 2.24) is 19.4 Å². The Balaban J connectivity index is 1.27. The second-order valence-corrected chi connectivity index (χ2v) is 12.1. The van der Waals surface area contributed by atoms with E-state index in [2.05, 4.69) is 9.97 Å². The number of hydrogen-bond donors (Lipinski definition) is 4. The molecule has 0 saturated heterocycles. The van der Waals surface area contributed by atoms with E-state index in [1.807, 2.05) is 0 Å². The molecule has 0 spiro atoms. The van der Waals surface area contributed by atoms with E-state index in [-0.39, 0.29) is 52.5 Å². The summed E-state index contributed by atoms with van der Waals surface area (Å²) in [6.07, 6.45) is 2.76. The lowest BCUT2D eigenvalue weighted by Crippen LogP contribution is -2.20. The van der Waals surface area contributed by atoms with Gasteiger partial charge in [-0.25, -0.2) is 0 Å². The summed E-state index contributed by atoms with van der Waals surface area (Å²) >= 11 is 0. The Bertz CT molecular complexity index is 2100. The molecule has 1 aliphatic rings. The van der Waals surface area contributed by atoms with Crippen molar-refractivity contribution in [2.75, 3.05) is 0 Å². The molecule has 42 heavy (non-hydrogen) atoms. The zero-order chi connectivity index (χ0) is 29.6. The van der Waals surface area contributed by atoms with Gasteiger partial charge in [0.1, 0.15) is 9.79 Å². The number of aromatic hydroxyl groups is 4. The molecule has 6 aromatic rings. The van der Waals surface area contributed by atoms with E-state index in [1.54, 1.807) is 36.4 Å². The van der Waals surface area contributed by atoms with Gasteiger partial charge in [0.2, 0.25) is 23.5 Å². The molecule has 4 N–H and O–H groups in total. The highest BCUT2D eigenvalue weighted by Crippen LogP contribution is 2.64. The summed E-state index contributed by atoms with van der Waals surface area (Å²) < 4.78 is 63.0. The van der Waals surface area contributed by atoms with Crippen LogP contribution in [-0.2, 0) is 20.2 Å². The third kappa shape index (κ3) is 3.42. The van der Waals surface area contributed by atoms with Crippen LogP contribution in [0.25, 0.3) is 44.1 Å². The van der Waals surface area contributed by atoms with E-state index in [1.165, 1.54) is 36.7 Å². The van der Waals surface area contributed by atoms with E-state index in [9.17, 15) is 37.3 Å². The van der Waals surface area contributed by atoms with Gasteiger partial charge in [0.15, 0.2) is 0 Å². The molecule has 0 saturated carbocycles. The van der Waals surface area contributed by atoms with E-state index < -0.39 is 43.8 Å². The second-order valence-electron chi connectivity index (χ2n) is 9.10. The molecule has 4 heterocycles. The van der Waals surface area contributed by atoms with Crippen LogP contribution in [0.1, 0.15) is 0 Å². The maximum Gasteiger partial charge on any atom is 0.359 e. The monoisotopic (exact) mass is 608 g/mol. The Morgan fingerprint density at radius 1 is 0.524 bits per heavy atom. The molecule has 7 rings (SSSR count). The van der Waals surface area contributed by atoms with Crippen LogP contribution in [0.2, 0.25) is 0 Å². The summed E-state index contributed by atoms with van der Waals surface area (Å²) in [6.45, 7) is 0. The first-order chi connectivity index (χ1) is 20.0. The number of nitrogens with zero attached hydrogens (tertiary/aromatic N) is 4. The summed E-state index contributed by atoms with van der Waals surface area (Å²) in [5.41, 5.74) is -1.15. The van der Waals surface area contributed by atoms with Gasteiger partial charge in [0, 0.05) is 23.2 Å². The van der Waals surface area contributed by atoms with Crippen LogP contribution < -0.4 is 8.57 Å². The van der Waals surface area contributed by atoms with Gasteiger partial charge in [0.05, 0.1) is 33.3 Å². The molecule has 0 amide bonds. The molecule has 0 atom stereocenters. The van der Waals surface area contributed by atoms with E-state index in [0.717, 1.165) is 0 Å². The number of benzene rings is 2. The fourth-order valence-corrected chi connectivity index (χ4v) is 7.05. The van der Waals surface area contributed by atoms with Gasteiger partial charge in [-0.15, -0.1) is 0 Å². The molecular weight excluding hydrogens is 592 g/mol. The molecule has 2 aromatic carbocycles. The van der Waals surface area contributed by atoms with Crippen LogP contribution in [0, 0.1) is 0 Å². The summed E-state index contributed by atoms with van der Waals surface area (Å²) in [7, 11) is -9.38. The van der Waals surface area contributed by atoms with Crippen LogP contribution in [0.4, 0.5) is 0 Å². The predicted octanol–water partition coefficient (Wildman–Crippen LogP) is 2.49. The predicted molar refractivity (Wildman–Crippen MR) is 145 cm³/mol. The number of fused-ring (bicyclic) bond motifs is 6. The van der Waals surface area contributed by atoms with Crippen LogP contribution >= 0.6 is 0 Å². The maximum atomic E-state index is 13.1. The Morgan fingerprint density at radius 3 is 1.21 bits per heavy atom. The molecule has 0 fully saturated rings. The van der Waals surface area contributed by atoms with E-state index in [0.29, 0.717) is 10.8 Å². The lowest BCUT2D eigenvalue weighted by atomic mass is 9.86. The summed E-state index contributed by atoms with van der Waals surface area (Å²) in [5, 5.41) is 44.2. The number of pyridine rings is 2. The molecule has 14 nitrogen and oxygen atoms in total. The molecule has 0 aliphatic heterocycles. The van der Waals surface area contributed by atoms with Gasteiger partial charge in [-0.1, -0.05) is 45.9 Å². The van der Waals surface area contributed by atoms with Gasteiger partial charge < -0.3 is 20.4 Å². The van der Waals surface area contributed by atoms with Crippen molar-refractivity contribution in [3.05, 3.63) is 73.1 Å².